The maximum Gasteiger partial charge on any atom is 0.491 e. The molecule has 14 nitrogen and oxygen atoms in total. The first-order chi connectivity index (χ1) is 19.7. The number of carbonyl (C=O) groups excluding carboxylic acids is 2. The van der Waals surface area contributed by atoms with Crippen molar-refractivity contribution in [3.63, 3.8) is 0 Å². The maximum atomic E-state index is 13.4. The fourth-order valence-electron chi connectivity index (χ4n) is 4.54. The number of halogens is 4. The summed E-state index contributed by atoms with van der Waals surface area (Å²) in [7, 11) is -3.25. The maximum absolute atomic E-state index is 13.4. The molecule has 1 unspecified atom stereocenters. The summed E-state index contributed by atoms with van der Waals surface area (Å²) in [5.41, 5.74) is 6.10. The van der Waals surface area contributed by atoms with E-state index in [2.05, 4.69) is 25.1 Å². The Kier molecular flexibility index (Phi) is 7.10. The van der Waals surface area contributed by atoms with Crippen molar-refractivity contribution in [3.05, 3.63) is 46.5 Å². The van der Waals surface area contributed by atoms with E-state index in [1.165, 1.54) is 12.4 Å². The van der Waals surface area contributed by atoms with Gasteiger partial charge in [0.25, 0.3) is 5.91 Å². The van der Waals surface area contributed by atoms with Gasteiger partial charge in [0.1, 0.15) is 29.3 Å². The molecule has 42 heavy (non-hydrogen) atoms. The van der Waals surface area contributed by atoms with Crippen molar-refractivity contribution in [2.24, 2.45) is 0 Å². The summed E-state index contributed by atoms with van der Waals surface area (Å²) < 4.78 is 69.0. The topological polar surface area (TPSA) is 190 Å². The van der Waals surface area contributed by atoms with E-state index >= 15 is 0 Å². The van der Waals surface area contributed by atoms with Crippen molar-refractivity contribution in [3.8, 4) is 11.9 Å². The summed E-state index contributed by atoms with van der Waals surface area (Å²) in [5, 5.41) is 16.2. The van der Waals surface area contributed by atoms with Gasteiger partial charge in [-0.1, -0.05) is 11.6 Å². The number of esters is 1. The Balaban J connectivity index is 1.53. The molecule has 220 valence electrons. The number of rotatable bonds is 5. The van der Waals surface area contributed by atoms with E-state index in [9.17, 15) is 36.4 Å². The summed E-state index contributed by atoms with van der Waals surface area (Å²) in [6.45, 7) is 1.85. The first-order valence-electron chi connectivity index (χ1n) is 12.0. The van der Waals surface area contributed by atoms with Crippen LogP contribution in [0.25, 0.3) is 11.2 Å². The van der Waals surface area contributed by atoms with Crippen molar-refractivity contribution in [2.45, 2.75) is 19.1 Å². The van der Waals surface area contributed by atoms with E-state index in [1.807, 2.05) is 6.07 Å². The van der Waals surface area contributed by atoms with E-state index < -0.39 is 45.6 Å². The monoisotopic (exact) mass is 625 g/mol. The van der Waals surface area contributed by atoms with Gasteiger partial charge in [-0.2, -0.15) is 22.9 Å². The summed E-state index contributed by atoms with van der Waals surface area (Å²) in [5.74, 6) is -4.22. The number of sulfone groups is 1. The van der Waals surface area contributed by atoms with Crippen LogP contribution in [0.1, 0.15) is 34.6 Å². The number of imidazole rings is 1. The number of pyridine rings is 1. The molecule has 0 aromatic carbocycles. The van der Waals surface area contributed by atoms with Gasteiger partial charge in [0.2, 0.25) is 5.88 Å². The Labute approximate surface area is 239 Å². The summed E-state index contributed by atoms with van der Waals surface area (Å²) >= 11 is 6.51. The molecule has 1 aliphatic heterocycles. The van der Waals surface area contributed by atoms with Gasteiger partial charge in [0, 0.05) is 30.9 Å². The molecule has 0 bridgehead atoms. The second kappa shape index (κ2) is 10.3. The lowest BCUT2D eigenvalue weighted by atomic mass is 10.1. The molecule has 1 amide bonds. The number of anilines is 2. The molecule has 4 aromatic rings. The number of nitrogens with zero attached hydrogens (tertiary/aromatic N) is 7. The van der Waals surface area contributed by atoms with Crippen LogP contribution < -0.4 is 20.7 Å². The highest BCUT2D eigenvalue weighted by molar-refractivity contribution is 7.91. The lowest BCUT2D eigenvalue weighted by Crippen LogP contribution is -2.42. The van der Waals surface area contributed by atoms with E-state index in [4.69, 9.17) is 17.3 Å². The minimum atomic E-state index is -5.29. The third-order valence-corrected chi connectivity index (χ3v) is 8.39. The molecule has 1 saturated heterocycles. The van der Waals surface area contributed by atoms with Gasteiger partial charge in [-0.05, 0) is 13.0 Å². The number of fused-ring (bicyclic) bond motifs is 2. The molecule has 1 atom stereocenters. The predicted octanol–water partition coefficient (Wildman–Crippen LogP) is 1.68. The van der Waals surface area contributed by atoms with Crippen LogP contribution in [0, 0.1) is 11.3 Å². The number of alkyl halides is 3. The lowest BCUT2D eigenvalue weighted by Gasteiger charge is -2.32. The van der Waals surface area contributed by atoms with Crippen LogP contribution in [0.15, 0.2) is 24.7 Å². The van der Waals surface area contributed by atoms with Crippen molar-refractivity contribution >= 4 is 56.1 Å². The van der Waals surface area contributed by atoms with Crippen molar-refractivity contribution in [1.82, 2.24) is 29.3 Å². The largest absolute Gasteiger partial charge is 0.491 e. The van der Waals surface area contributed by atoms with Crippen LogP contribution in [-0.4, -0.2) is 75.0 Å². The van der Waals surface area contributed by atoms with Crippen molar-refractivity contribution < 1.29 is 35.9 Å². The third-order valence-electron chi connectivity index (χ3n) is 6.49. The van der Waals surface area contributed by atoms with Gasteiger partial charge in [0.15, 0.2) is 27.0 Å². The van der Waals surface area contributed by atoms with Gasteiger partial charge in [-0.25, -0.2) is 23.2 Å². The number of hydrogen-bond acceptors (Lipinski definition) is 11. The highest BCUT2D eigenvalue weighted by Gasteiger charge is 2.42. The molecule has 0 saturated carbocycles. The first kappa shape index (κ1) is 28.9. The molecular formula is C23H19ClF3N9O5S. The first-order valence-corrected chi connectivity index (χ1v) is 14.2. The Morgan fingerprint density at radius 3 is 2.60 bits per heavy atom. The lowest BCUT2D eigenvalue weighted by molar-refractivity contribution is -0.190. The molecule has 5 heterocycles. The zero-order valence-corrected chi connectivity index (χ0v) is 23.0. The van der Waals surface area contributed by atoms with E-state index in [-0.39, 0.29) is 46.5 Å². The predicted molar refractivity (Wildman–Crippen MR) is 141 cm³/mol. The highest BCUT2D eigenvalue weighted by atomic mass is 35.5. The van der Waals surface area contributed by atoms with E-state index in [1.54, 1.807) is 16.2 Å². The second-order valence-corrected chi connectivity index (χ2v) is 11.9. The number of nitrogens with two attached hydrogens (primary N) is 1. The molecule has 1 fully saturated rings. The van der Waals surface area contributed by atoms with Gasteiger partial charge < -0.3 is 20.7 Å². The van der Waals surface area contributed by atoms with Crippen LogP contribution in [-0.2, 0) is 14.6 Å². The SMILES string of the molecule is CC(NC(=O)c1c(N)nn2c(OC(=O)C(F)(F)F)ccnc12)c1cc(Cl)c2c(C#N)ncn2c1N1CCS(=O)(=O)CC1. The Hall–Kier alpha value is -4.63. The van der Waals surface area contributed by atoms with E-state index in [0.29, 0.717) is 21.4 Å². The van der Waals surface area contributed by atoms with Crippen molar-refractivity contribution in [2.75, 3.05) is 35.2 Å². The minimum Gasteiger partial charge on any atom is -0.401 e. The van der Waals surface area contributed by atoms with Gasteiger partial charge in [0.05, 0.1) is 22.6 Å². The number of amides is 1. The highest BCUT2D eigenvalue weighted by Crippen LogP contribution is 2.35. The fourth-order valence-corrected chi connectivity index (χ4v) is 6.04. The van der Waals surface area contributed by atoms with Crippen LogP contribution >= 0.6 is 11.6 Å². The molecule has 0 radical (unpaired) electrons. The van der Waals surface area contributed by atoms with Gasteiger partial charge in [-0.3, -0.25) is 9.20 Å². The number of aromatic nitrogens is 5. The Morgan fingerprint density at radius 1 is 1.26 bits per heavy atom. The fraction of sp³-hybridized carbons (Fsp3) is 0.304. The molecular weight excluding hydrogens is 607 g/mol. The third kappa shape index (κ3) is 5.12. The number of ether oxygens (including phenoxy) is 1. The van der Waals surface area contributed by atoms with Crippen LogP contribution in [0.3, 0.4) is 0 Å². The summed E-state index contributed by atoms with van der Waals surface area (Å²) in [6, 6.07) is 3.59. The number of carbonyl (C=O) groups is 2. The summed E-state index contributed by atoms with van der Waals surface area (Å²) in [6.07, 6.45) is -2.91. The molecule has 5 rings (SSSR count). The average molecular weight is 626 g/mol. The molecule has 3 N–H and O–H groups in total. The zero-order valence-electron chi connectivity index (χ0n) is 21.4. The molecule has 1 aliphatic rings. The van der Waals surface area contributed by atoms with Crippen LogP contribution in [0.5, 0.6) is 5.88 Å². The van der Waals surface area contributed by atoms with Crippen LogP contribution in [0.4, 0.5) is 24.8 Å². The minimum absolute atomic E-state index is 0.0429. The molecule has 4 aromatic heterocycles. The van der Waals surface area contributed by atoms with E-state index in [0.717, 1.165) is 12.3 Å². The second-order valence-electron chi connectivity index (χ2n) is 9.19. The number of nitriles is 1. The Morgan fingerprint density at radius 2 is 1.95 bits per heavy atom. The molecule has 0 spiro atoms. The van der Waals surface area contributed by atoms with Crippen molar-refractivity contribution in [1.29, 1.82) is 5.26 Å². The van der Waals surface area contributed by atoms with Gasteiger partial charge in [-0.15, -0.1) is 5.10 Å². The standard InChI is InChI=1S/C23H19ClF3N9O5S/c1-11(32-20(37)16-18(29)33-36-15(2-3-30-19(16)36)41-22(38)23(25,26)27)12-8-13(24)17-14(9-28)31-10-35(17)21(12)34-4-6-42(39,40)7-5-34/h2-3,8,10-11H,4-7H2,1H3,(H2,29,33)(H,32,37). The average Bonchev–Trinajstić information content (AvgIpc) is 3.50. The summed E-state index contributed by atoms with van der Waals surface area (Å²) in [4.78, 5) is 34.6. The quantitative estimate of drug-likeness (QED) is 0.307. The smallest absolute Gasteiger partial charge is 0.401 e. The van der Waals surface area contributed by atoms with Gasteiger partial charge >= 0.3 is 12.1 Å². The normalized spacial score (nSPS) is 15.9. The number of nitrogen functional groups attached to an aromatic ring is 1. The zero-order chi connectivity index (χ0) is 30.6. The number of hydrogen-bond donors (Lipinski definition) is 2. The number of nitrogens with one attached hydrogen (secondary N) is 1. The Bertz CT molecular complexity index is 1900. The van der Waals surface area contributed by atoms with Crippen LogP contribution in [0.2, 0.25) is 5.02 Å². The molecule has 0 aliphatic carbocycles. The molecule has 19 heteroatoms.